The predicted molar refractivity (Wildman–Crippen MR) is 105 cm³/mol. The van der Waals surface area contributed by atoms with E-state index in [2.05, 4.69) is 16.0 Å². The molecule has 0 aliphatic carbocycles. The van der Waals surface area contributed by atoms with Crippen molar-refractivity contribution in [3.05, 3.63) is 54.1 Å². The first-order chi connectivity index (χ1) is 13.0. The number of methoxy groups -OCH3 is 1. The van der Waals surface area contributed by atoms with Crippen LogP contribution in [0, 0.1) is 6.92 Å². The number of benzene rings is 2. The molecule has 144 valence electrons. The molecule has 0 radical (unpaired) electrons. The number of ether oxygens (including phenoxy) is 1. The average Bonchev–Trinajstić information content (AvgIpc) is 2.64. The molecular formula is C20H25N3O4. The van der Waals surface area contributed by atoms with Gasteiger partial charge in [-0.1, -0.05) is 24.3 Å². The number of aliphatic carboxylic acids is 1. The number of rotatable bonds is 10. The molecule has 0 aliphatic rings. The minimum Gasteiger partial charge on any atom is -0.495 e. The van der Waals surface area contributed by atoms with Gasteiger partial charge in [-0.2, -0.15) is 0 Å². The summed E-state index contributed by atoms with van der Waals surface area (Å²) < 4.78 is 5.17. The Kier molecular flexibility index (Phi) is 7.63. The van der Waals surface area contributed by atoms with E-state index < -0.39 is 17.9 Å². The third-order valence-electron chi connectivity index (χ3n) is 3.93. The summed E-state index contributed by atoms with van der Waals surface area (Å²) in [6, 6.07) is 13.9. The van der Waals surface area contributed by atoms with E-state index in [-0.39, 0.29) is 6.42 Å². The lowest BCUT2D eigenvalue weighted by Gasteiger charge is -2.16. The van der Waals surface area contributed by atoms with Crippen molar-refractivity contribution in [2.75, 3.05) is 30.8 Å². The Bertz CT molecular complexity index is 779. The van der Waals surface area contributed by atoms with E-state index >= 15 is 0 Å². The lowest BCUT2D eigenvalue weighted by molar-refractivity contribution is -0.141. The molecule has 2 rings (SSSR count). The van der Waals surface area contributed by atoms with Crippen LogP contribution in [0.5, 0.6) is 5.75 Å². The quantitative estimate of drug-likeness (QED) is 0.479. The van der Waals surface area contributed by atoms with Gasteiger partial charge in [0.15, 0.2) is 0 Å². The van der Waals surface area contributed by atoms with Gasteiger partial charge < -0.3 is 25.8 Å². The van der Waals surface area contributed by atoms with Crippen molar-refractivity contribution in [3.63, 3.8) is 0 Å². The molecule has 0 aromatic heterocycles. The molecule has 2 aromatic rings. The summed E-state index contributed by atoms with van der Waals surface area (Å²) in [5.74, 6) is -0.945. The first-order valence-corrected chi connectivity index (χ1v) is 8.69. The molecule has 7 nitrogen and oxygen atoms in total. The number of carboxylic acids is 1. The molecule has 0 aliphatic heterocycles. The molecule has 2 aromatic carbocycles. The number of amides is 1. The normalized spacial score (nSPS) is 11.5. The van der Waals surface area contributed by atoms with Crippen molar-refractivity contribution in [2.24, 2.45) is 0 Å². The standard InChI is InChI=1S/C20H25N3O4/c1-14-6-5-7-15(12-14)21-10-11-22-17(20(25)26)13-19(24)23-16-8-3-4-9-18(16)27-2/h3-9,12,17,21-22H,10-11,13H2,1-2H3,(H,23,24)(H,25,26)/t17-/m0/s1. The summed E-state index contributed by atoms with van der Waals surface area (Å²) in [4.78, 5) is 23.6. The van der Waals surface area contributed by atoms with Crippen LogP contribution in [-0.2, 0) is 9.59 Å². The molecule has 0 saturated carbocycles. The summed E-state index contributed by atoms with van der Waals surface area (Å²) in [5.41, 5.74) is 2.62. The van der Waals surface area contributed by atoms with Crippen molar-refractivity contribution >= 4 is 23.3 Å². The van der Waals surface area contributed by atoms with E-state index in [9.17, 15) is 14.7 Å². The topological polar surface area (TPSA) is 99.7 Å². The number of carbonyl (C=O) groups excluding carboxylic acids is 1. The van der Waals surface area contributed by atoms with E-state index in [0.29, 0.717) is 24.5 Å². The molecule has 1 amide bonds. The maximum atomic E-state index is 12.2. The van der Waals surface area contributed by atoms with E-state index in [1.165, 1.54) is 7.11 Å². The van der Waals surface area contributed by atoms with Crippen LogP contribution < -0.4 is 20.7 Å². The predicted octanol–water partition coefficient (Wildman–Crippen LogP) is 2.49. The molecule has 0 bridgehead atoms. The van der Waals surface area contributed by atoms with Crippen LogP contribution in [-0.4, -0.2) is 43.2 Å². The Morgan fingerprint density at radius 2 is 1.89 bits per heavy atom. The minimum atomic E-state index is -1.07. The van der Waals surface area contributed by atoms with Crippen LogP contribution in [0.1, 0.15) is 12.0 Å². The van der Waals surface area contributed by atoms with E-state index in [4.69, 9.17) is 4.74 Å². The second-order valence-corrected chi connectivity index (χ2v) is 6.09. The van der Waals surface area contributed by atoms with Crippen molar-refractivity contribution in [2.45, 2.75) is 19.4 Å². The highest BCUT2D eigenvalue weighted by Gasteiger charge is 2.21. The lowest BCUT2D eigenvalue weighted by Crippen LogP contribution is -2.41. The Morgan fingerprint density at radius 1 is 1.11 bits per heavy atom. The van der Waals surface area contributed by atoms with E-state index in [0.717, 1.165) is 11.3 Å². The number of hydrogen-bond donors (Lipinski definition) is 4. The molecule has 27 heavy (non-hydrogen) atoms. The largest absolute Gasteiger partial charge is 0.495 e. The van der Waals surface area contributed by atoms with Crippen LogP contribution >= 0.6 is 0 Å². The molecule has 0 fully saturated rings. The highest BCUT2D eigenvalue weighted by atomic mass is 16.5. The van der Waals surface area contributed by atoms with Crippen molar-refractivity contribution < 1.29 is 19.4 Å². The van der Waals surface area contributed by atoms with Crippen LogP contribution in [0.3, 0.4) is 0 Å². The van der Waals surface area contributed by atoms with Gasteiger partial charge in [0.25, 0.3) is 0 Å². The van der Waals surface area contributed by atoms with Crippen LogP contribution in [0.15, 0.2) is 48.5 Å². The van der Waals surface area contributed by atoms with Crippen molar-refractivity contribution in [1.29, 1.82) is 0 Å². The molecule has 7 heteroatoms. The molecule has 0 unspecified atom stereocenters. The summed E-state index contributed by atoms with van der Waals surface area (Å²) in [7, 11) is 1.51. The molecule has 1 atom stereocenters. The summed E-state index contributed by atoms with van der Waals surface area (Å²) >= 11 is 0. The molecule has 4 N–H and O–H groups in total. The monoisotopic (exact) mass is 371 g/mol. The van der Waals surface area contributed by atoms with Crippen LogP contribution in [0.2, 0.25) is 0 Å². The lowest BCUT2D eigenvalue weighted by atomic mass is 10.2. The Hall–Kier alpha value is -3.06. The smallest absolute Gasteiger partial charge is 0.321 e. The highest BCUT2D eigenvalue weighted by Crippen LogP contribution is 2.23. The number of anilines is 2. The number of para-hydroxylation sites is 2. The van der Waals surface area contributed by atoms with Crippen molar-refractivity contribution in [3.8, 4) is 5.75 Å². The van der Waals surface area contributed by atoms with Gasteiger partial charge in [0.1, 0.15) is 11.8 Å². The Balaban J connectivity index is 1.82. The van der Waals surface area contributed by atoms with Gasteiger partial charge in [0.2, 0.25) is 5.91 Å². The maximum absolute atomic E-state index is 12.2. The third-order valence-corrected chi connectivity index (χ3v) is 3.93. The van der Waals surface area contributed by atoms with Gasteiger partial charge >= 0.3 is 5.97 Å². The first-order valence-electron chi connectivity index (χ1n) is 8.69. The maximum Gasteiger partial charge on any atom is 0.321 e. The minimum absolute atomic E-state index is 0.183. The highest BCUT2D eigenvalue weighted by molar-refractivity contribution is 5.95. The fourth-order valence-electron chi connectivity index (χ4n) is 2.59. The van der Waals surface area contributed by atoms with Gasteiger partial charge in [0.05, 0.1) is 19.2 Å². The van der Waals surface area contributed by atoms with Gasteiger partial charge in [-0.15, -0.1) is 0 Å². The number of carbonyl (C=O) groups is 2. The molecular weight excluding hydrogens is 346 g/mol. The summed E-state index contributed by atoms with van der Waals surface area (Å²) in [6.45, 7) is 2.96. The zero-order chi connectivity index (χ0) is 19.6. The number of carboxylic acid groups (broad SMARTS) is 1. The molecule has 0 heterocycles. The summed E-state index contributed by atoms with van der Waals surface area (Å²) in [5, 5.41) is 18.2. The third kappa shape index (κ3) is 6.63. The second kappa shape index (κ2) is 10.2. The van der Waals surface area contributed by atoms with E-state index in [1.807, 2.05) is 31.2 Å². The van der Waals surface area contributed by atoms with Crippen LogP contribution in [0.25, 0.3) is 0 Å². The average molecular weight is 371 g/mol. The summed E-state index contributed by atoms with van der Waals surface area (Å²) in [6.07, 6.45) is -0.183. The first kappa shape index (κ1) is 20.3. The van der Waals surface area contributed by atoms with Crippen LogP contribution in [0.4, 0.5) is 11.4 Å². The molecule has 0 saturated heterocycles. The van der Waals surface area contributed by atoms with E-state index in [1.54, 1.807) is 24.3 Å². The fourth-order valence-corrected chi connectivity index (χ4v) is 2.59. The number of nitrogens with one attached hydrogen (secondary N) is 3. The van der Waals surface area contributed by atoms with Gasteiger partial charge in [-0.25, -0.2) is 0 Å². The number of hydrogen-bond acceptors (Lipinski definition) is 5. The molecule has 0 spiro atoms. The second-order valence-electron chi connectivity index (χ2n) is 6.09. The van der Waals surface area contributed by atoms with Crippen molar-refractivity contribution in [1.82, 2.24) is 5.32 Å². The van der Waals surface area contributed by atoms with Gasteiger partial charge in [-0.3, -0.25) is 9.59 Å². The zero-order valence-electron chi connectivity index (χ0n) is 15.5. The van der Waals surface area contributed by atoms with Gasteiger partial charge in [0, 0.05) is 18.8 Å². The Morgan fingerprint density at radius 3 is 2.59 bits per heavy atom. The zero-order valence-corrected chi connectivity index (χ0v) is 15.5. The van der Waals surface area contributed by atoms with Gasteiger partial charge in [-0.05, 0) is 36.8 Å². The SMILES string of the molecule is COc1ccccc1NC(=O)C[C@H](NCCNc1cccc(C)c1)C(=O)O. The Labute approximate surface area is 158 Å². The fraction of sp³-hybridized carbons (Fsp3) is 0.300. The number of aryl methyl sites for hydroxylation is 1.